The fourth-order valence-corrected chi connectivity index (χ4v) is 35.4. The van der Waals surface area contributed by atoms with Crippen LogP contribution in [0.1, 0.15) is 22.3 Å². The van der Waals surface area contributed by atoms with Gasteiger partial charge < -0.3 is 28.4 Å². The van der Waals surface area contributed by atoms with Gasteiger partial charge in [0.05, 0.1) is 11.4 Å². The smallest absolute Gasteiger partial charge is 0.184 e. The zero-order valence-corrected chi connectivity index (χ0v) is 78.8. The quantitative estimate of drug-likeness (QED) is 0.0798. The second-order valence-corrected chi connectivity index (χ2v) is 46.4. The third-order valence-corrected chi connectivity index (χ3v) is 40.9. The number of rotatable bonds is 14. The van der Waals surface area contributed by atoms with E-state index in [0.717, 1.165) is 156 Å². The summed E-state index contributed by atoms with van der Waals surface area (Å²) in [6, 6.07) is 171. The highest BCUT2D eigenvalue weighted by Gasteiger charge is 2.52. The molecule has 27 rings (SSSR count). The molecule has 6 nitrogen and oxygen atoms in total. The van der Waals surface area contributed by atoms with Gasteiger partial charge in [0.2, 0.25) is 0 Å². The van der Waals surface area contributed by atoms with Crippen molar-refractivity contribution in [3.8, 4) is 22.3 Å². The van der Waals surface area contributed by atoms with Crippen LogP contribution in [0.4, 0.5) is 68.2 Å². The Morgan fingerprint density at radius 2 is 0.551 bits per heavy atom. The lowest BCUT2D eigenvalue weighted by molar-refractivity contribution is 0.668. The van der Waals surface area contributed by atoms with Crippen molar-refractivity contribution in [2.75, 3.05) is 19.6 Å². The van der Waals surface area contributed by atoms with Crippen molar-refractivity contribution in [1.29, 1.82) is 0 Å². The molecule has 2 aliphatic rings. The molecule has 0 amide bonds. The Bertz CT molecular complexity index is 8620. The molecule has 2 unspecified atom stereocenters. The molecule has 136 heavy (non-hydrogen) atoms. The highest BCUT2D eigenvalue weighted by atomic mass is 32.1. The van der Waals surface area contributed by atoms with Gasteiger partial charge in [0.25, 0.3) is 0 Å². The largest absolute Gasteiger partial charge is 0.456 e. The lowest BCUT2D eigenvalue weighted by Gasteiger charge is -2.45. The van der Waals surface area contributed by atoms with Gasteiger partial charge in [-0.15, -0.1) is 22.7 Å². The van der Waals surface area contributed by atoms with E-state index in [2.05, 4.69) is 496 Å². The van der Waals surface area contributed by atoms with Crippen LogP contribution in [0.25, 0.3) is 128 Å². The summed E-state index contributed by atoms with van der Waals surface area (Å²) in [5.41, 5.74) is 25.9. The number of aryl methyl sites for hydroxylation is 4. The molecule has 0 aliphatic carbocycles. The van der Waals surface area contributed by atoms with E-state index in [4.69, 9.17) is 8.83 Å². The van der Waals surface area contributed by atoms with E-state index in [0.29, 0.717) is 0 Å². The Morgan fingerprint density at radius 1 is 0.206 bits per heavy atom. The third-order valence-electron chi connectivity index (χ3n) is 28.9. The van der Waals surface area contributed by atoms with E-state index in [-0.39, 0.29) is 0 Å². The number of hydrogen-bond acceptors (Lipinski definition) is 8. The molecule has 4 aromatic heterocycles. The summed E-state index contributed by atoms with van der Waals surface area (Å²) in [7, 11) is -6.83. The lowest BCUT2D eigenvalue weighted by Crippen LogP contribution is -2.77. The number of furan rings is 2. The minimum Gasteiger partial charge on any atom is -0.456 e. The predicted molar refractivity (Wildman–Crippen MR) is 585 cm³/mol. The highest BCUT2D eigenvalue weighted by Crippen LogP contribution is 2.54. The maximum absolute atomic E-state index is 7.18. The summed E-state index contributed by atoms with van der Waals surface area (Å²) < 4.78 is 19.4. The monoisotopic (exact) mass is 1810 g/mol. The molecule has 0 saturated heterocycles. The van der Waals surface area contributed by atoms with Crippen LogP contribution in [0.3, 0.4) is 0 Å². The summed E-state index contributed by atoms with van der Waals surface area (Å²) >= 11 is 3.73. The van der Waals surface area contributed by atoms with Gasteiger partial charge >= 0.3 is 0 Å². The molecule has 0 N–H and O–H groups in total. The molecule has 642 valence electrons. The molecule has 0 fully saturated rings. The van der Waals surface area contributed by atoms with Crippen molar-refractivity contribution in [3.05, 3.63) is 471 Å². The molecular formula is C126H86N4O2S2Si2. The second-order valence-electron chi connectivity index (χ2n) is 36.8. The standard InChI is InChI=1S/C126H86N4O2S2Si2/c1-79-27-23-31-87(67-79)127(88-32-24-28-80(2)68-88)85-53-59-95(60-54-85)135(93-35-7-5-8-36-93)121-49-21-15-43-109(121)129(111-77-115-103(75-123(111)135)97-39-11-17-45-113(97)131-115)91-57-63-101-107(73-91)125(83-51-65-119-105(71-83)99-41-13-19-47-117(99)133-119)102-64-58-92(74-108(102)126(101)84-52-66-120-106(72-84)100-42-14-20-48-118(100)134-120)130-110-44-16-22-50-122(110)136(94-37-9-6-10-38-94,124-76-104-98-40-12-18-46-114(98)132-116(104)78-112(124)130)96-61-55-86(56-62-96)128(89-33-25-29-81(3)69-89)90-34-26-30-82(4)70-90/h5-78H,1-4H3. The molecule has 0 saturated carbocycles. The Kier molecular flexibility index (Phi) is 18.3. The van der Waals surface area contributed by atoms with Crippen molar-refractivity contribution >= 4 is 254 Å². The Morgan fingerprint density at radius 3 is 0.949 bits per heavy atom. The number of hydrogen-bond donors (Lipinski definition) is 0. The average molecular weight is 1810 g/mol. The van der Waals surface area contributed by atoms with Crippen LogP contribution in [0, 0.1) is 27.7 Å². The first-order chi connectivity index (χ1) is 67.0. The Hall–Kier alpha value is -16.2. The molecule has 21 aromatic carbocycles. The fraction of sp³-hybridized carbons (Fsp3) is 0.0317. The molecule has 25 aromatic rings. The Labute approximate surface area is 797 Å². The van der Waals surface area contributed by atoms with Crippen LogP contribution in [-0.2, 0) is 0 Å². The van der Waals surface area contributed by atoms with Crippen LogP contribution >= 0.6 is 22.7 Å². The molecule has 0 radical (unpaired) electrons. The molecular weight excluding hydrogens is 1720 g/mol. The van der Waals surface area contributed by atoms with E-state index < -0.39 is 16.1 Å². The molecule has 0 bridgehead atoms. The average Bonchev–Trinajstić information content (AvgIpc) is 0.725. The fourth-order valence-electron chi connectivity index (χ4n) is 23.1. The van der Waals surface area contributed by atoms with Crippen LogP contribution in [-0.4, -0.2) is 16.1 Å². The van der Waals surface area contributed by atoms with Gasteiger partial charge in [-0.25, -0.2) is 0 Å². The molecule has 2 atom stereocenters. The SMILES string of the molecule is Cc1cccc(N(c2ccc([Si]3(c4ccccc4)c4ccccc4N(c4ccc5c(-c6ccc7sc8ccccc8c7c6)c6cc(N7c8ccccc8[Si](c8ccccc8)(c8ccc(N(c9cccc(C)c9)c9cccc(C)c9)cc8)c8cc9c(cc87)oc7ccccc79)ccc6c(-c6ccc7sc8ccccc8c7c6)c5c4)c4cc5oc6ccccc6c5cc43)cc2)c2cccc(C)c2)c1. The van der Waals surface area contributed by atoms with Crippen LogP contribution in [0.15, 0.2) is 458 Å². The topological polar surface area (TPSA) is 39.2 Å². The summed E-state index contributed by atoms with van der Waals surface area (Å²) in [6.07, 6.45) is 0. The summed E-state index contributed by atoms with van der Waals surface area (Å²) in [4.78, 5) is 10.0. The summed E-state index contributed by atoms with van der Waals surface area (Å²) in [6.45, 7) is 8.73. The zero-order chi connectivity index (χ0) is 90.2. The van der Waals surface area contributed by atoms with Gasteiger partial charge in [0.15, 0.2) is 16.1 Å². The zero-order valence-electron chi connectivity index (χ0n) is 75.1. The number of para-hydroxylation sites is 4. The summed E-state index contributed by atoms with van der Waals surface area (Å²) in [5.74, 6) is 0. The van der Waals surface area contributed by atoms with Gasteiger partial charge in [-0.05, 0) is 305 Å². The van der Waals surface area contributed by atoms with Crippen molar-refractivity contribution < 1.29 is 8.83 Å². The van der Waals surface area contributed by atoms with Crippen molar-refractivity contribution in [1.82, 2.24) is 0 Å². The first-order valence-corrected chi connectivity index (χ1v) is 52.4. The second kappa shape index (κ2) is 31.2. The number of fused-ring (bicyclic) bond motifs is 18. The van der Waals surface area contributed by atoms with E-state index in [1.807, 2.05) is 22.7 Å². The van der Waals surface area contributed by atoms with Gasteiger partial charge in [-0.1, -0.05) is 267 Å². The van der Waals surface area contributed by atoms with Crippen molar-refractivity contribution in [2.45, 2.75) is 27.7 Å². The van der Waals surface area contributed by atoms with Crippen LogP contribution in [0.2, 0.25) is 0 Å². The lowest BCUT2D eigenvalue weighted by atomic mass is 9.84. The molecule has 0 spiro atoms. The normalized spacial score (nSPS) is 14.6. The highest BCUT2D eigenvalue weighted by molar-refractivity contribution is 7.26. The molecule has 10 heteroatoms. The van der Waals surface area contributed by atoms with Gasteiger partial charge in [-0.3, -0.25) is 0 Å². The number of thiophene rings is 2. The van der Waals surface area contributed by atoms with E-state index >= 15 is 0 Å². The third kappa shape index (κ3) is 12.3. The number of anilines is 12. The predicted octanol–water partition coefficient (Wildman–Crippen LogP) is 30.4. The maximum Gasteiger partial charge on any atom is 0.184 e. The van der Waals surface area contributed by atoms with E-state index in [1.54, 1.807) is 0 Å². The van der Waals surface area contributed by atoms with Crippen molar-refractivity contribution in [2.24, 2.45) is 0 Å². The van der Waals surface area contributed by atoms with Gasteiger partial charge in [-0.2, -0.15) is 0 Å². The molecule has 2 aliphatic heterocycles. The van der Waals surface area contributed by atoms with Crippen molar-refractivity contribution in [3.63, 3.8) is 0 Å². The maximum atomic E-state index is 7.18. The van der Waals surface area contributed by atoms with Gasteiger partial charge in [0.1, 0.15) is 22.3 Å². The first kappa shape index (κ1) is 79.6. The Balaban J connectivity index is 0.720. The minimum absolute atomic E-state index is 0.837. The molecule has 6 heterocycles. The van der Waals surface area contributed by atoms with Crippen LogP contribution < -0.4 is 61.1 Å². The first-order valence-electron chi connectivity index (χ1n) is 46.8. The van der Waals surface area contributed by atoms with E-state index in [1.165, 1.54) is 104 Å². The van der Waals surface area contributed by atoms with E-state index in [9.17, 15) is 0 Å². The number of nitrogens with zero attached hydrogens (tertiary/aromatic N) is 4. The summed E-state index contributed by atoms with van der Waals surface area (Å²) in [5, 5.41) is 24.2. The van der Waals surface area contributed by atoms with Crippen LogP contribution in [0.5, 0.6) is 0 Å². The number of benzene rings is 21. The minimum atomic E-state index is -3.42. The van der Waals surface area contributed by atoms with Gasteiger partial charge in [0, 0.05) is 131 Å².